The van der Waals surface area contributed by atoms with Gasteiger partial charge in [-0.2, -0.15) is 18.2 Å². The number of hydrogen-bond donors (Lipinski definition) is 4. The normalized spacial score (nSPS) is 11.3. The van der Waals surface area contributed by atoms with Gasteiger partial charge < -0.3 is 25.5 Å². The summed E-state index contributed by atoms with van der Waals surface area (Å²) in [6.45, 7) is 0. The number of benzene rings is 2. The van der Waals surface area contributed by atoms with Gasteiger partial charge in [0.2, 0.25) is 5.95 Å². The van der Waals surface area contributed by atoms with E-state index < -0.39 is 35.1 Å². The molecule has 2 aromatic heterocycles. The van der Waals surface area contributed by atoms with E-state index in [1.54, 1.807) is 24.3 Å². The molecule has 0 atom stereocenters. The average molecular weight is 474 g/mol. The highest BCUT2D eigenvalue weighted by atomic mass is 19.4. The SMILES string of the molecule is NC(=O)c1ccc(Nc2nccc(Nc3ccc4oc(=O)[nH]c4c3)n2)cc1OC(=O)C(F)(F)F. The second kappa shape index (κ2) is 8.57. The number of halogens is 3. The van der Waals surface area contributed by atoms with Gasteiger partial charge in [-0.25, -0.2) is 14.6 Å². The minimum absolute atomic E-state index is 0.0303. The molecule has 2 heterocycles. The second-order valence-electron chi connectivity index (χ2n) is 6.70. The molecule has 4 rings (SSSR count). The third kappa shape index (κ3) is 4.95. The van der Waals surface area contributed by atoms with Gasteiger partial charge in [0.05, 0.1) is 11.1 Å². The Labute approximate surface area is 186 Å². The van der Waals surface area contributed by atoms with Gasteiger partial charge in [0.25, 0.3) is 5.91 Å². The average Bonchev–Trinajstić information content (AvgIpc) is 3.12. The van der Waals surface area contributed by atoms with Gasteiger partial charge in [0.1, 0.15) is 11.6 Å². The molecule has 11 nitrogen and oxygen atoms in total. The number of oxazole rings is 1. The number of rotatable bonds is 6. The molecule has 0 saturated carbocycles. The molecule has 4 aromatic rings. The topological polar surface area (TPSA) is 165 Å². The molecule has 14 heteroatoms. The van der Waals surface area contributed by atoms with Crippen LogP contribution in [-0.4, -0.2) is 33.0 Å². The molecule has 0 unspecified atom stereocenters. The van der Waals surface area contributed by atoms with Crippen LogP contribution in [0.5, 0.6) is 5.75 Å². The summed E-state index contributed by atoms with van der Waals surface area (Å²) in [5, 5.41) is 5.73. The number of nitrogens with one attached hydrogen (secondary N) is 3. The summed E-state index contributed by atoms with van der Waals surface area (Å²) in [7, 11) is 0. The first kappa shape index (κ1) is 22.3. The fourth-order valence-electron chi connectivity index (χ4n) is 2.84. The fraction of sp³-hybridized carbons (Fsp3) is 0.0500. The Morgan fingerprint density at radius 2 is 1.79 bits per heavy atom. The maximum absolute atomic E-state index is 12.6. The number of nitrogens with two attached hydrogens (primary N) is 1. The highest BCUT2D eigenvalue weighted by molar-refractivity contribution is 5.97. The Bertz CT molecular complexity index is 1460. The van der Waals surface area contributed by atoms with Crippen LogP contribution in [0.15, 0.2) is 57.9 Å². The number of nitrogens with zero attached hydrogens (tertiary/aromatic N) is 2. The number of carbonyl (C=O) groups excluding carboxylic acids is 2. The largest absolute Gasteiger partial charge is 0.491 e. The predicted molar refractivity (Wildman–Crippen MR) is 112 cm³/mol. The summed E-state index contributed by atoms with van der Waals surface area (Å²) in [6, 6.07) is 9.79. The van der Waals surface area contributed by atoms with Crippen molar-refractivity contribution < 1.29 is 31.9 Å². The Kier molecular flexibility index (Phi) is 5.63. The first-order chi connectivity index (χ1) is 16.1. The van der Waals surface area contributed by atoms with Crippen molar-refractivity contribution in [2.75, 3.05) is 10.6 Å². The van der Waals surface area contributed by atoms with E-state index in [-0.39, 0.29) is 11.6 Å². The lowest BCUT2D eigenvalue weighted by Crippen LogP contribution is -2.29. The van der Waals surface area contributed by atoms with Crippen molar-refractivity contribution in [1.29, 1.82) is 0 Å². The zero-order chi connectivity index (χ0) is 24.5. The van der Waals surface area contributed by atoms with Crippen LogP contribution in [0.1, 0.15) is 10.4 Å². The third-order valence-electron chi connectivity index (χ3n) is 4.28. The molecule has 0 aliphatic heterocycles. The number of primary amides is 1. The summed E-state index contributed by atoms with van der Waals surface area (Å²) in [5.41, 5.74) is 6.25. The highest BCUT2D eigenvalue weighted by Crippen LogP contribution is 2.28. The minimum Gasteiger partial charge on any atom is -0.419 e. The van der Waals surface area contributed by atoms with Gasteiger partial charge in [-0.1, -0.05) is 0 Å². The molecule has 0 spiro atoms. The first-order valence-electron chi connectivity index (χ1n) is 9.31. The summed E-state index contributed by atoms with van der Waals surface area (Å²) < 4.78 is 46.9. The predicted octanol–water partition coefficient (Wildman–Crippen LogP) is 2.96. The van der Waals surface area contributed by atoms with E-state index in [0.29, 0.717) is 22.6 Å². The van der Waals surface area contributed by atoms with Crippen molar-refractivity contribution in [3.63, 3.8) is 0 Å². The summed E-state index contributed by atoms with van der Waals surface area (Å²) in [6.07, 6.45) is -3.87. The van der Waals surface area contributed by atoms with Crippen molar-refractivity contribution >= 4 is 46.1 Å². The van der Waals surface area contributed by atoms with Crippen molar-refractivity contribution in [3.8, 4) is 5.75 Å². The van der Waals surface area contributed by atoms with E-state index in [1.807, 2.05) is 0 Å². The molecule has 0 aliphatic rings. The molecule has 34 heavy (non-hydrogen) atoms. The number of carbonyl (C=O) groups is 2. The molecule has 2 aromatic carbocycles. The number of ether oxygens (including phenoxy) is 1. The highest BCUT2D eigenvalue weighted by Gasteiger charge is 2.41. The zero-order valence-electron chi connectivity index (χ0n) is 16.8. The summed E-state index contributed by atoms with van der Waals surface area (Å²) in [5.74, 6) is -4.51. The third-order valence-corrected chi connectivity index (χ3v) is 4.28. The quantitative estimate of drug-likeness (QED) is 0.243. The number of esters is 1. The van der Waals surface area contributed by atoms with E-state index >= 15 is 0 Å². The van der Waals surface area contributed by atoms with E-state index in [1.165, 1.54) is 12.3 Å². The monoisotopic (exact) mass is 474 g/mol. The molecule has 0 aliphatic carbocycles. The maximum Gasteiger partial charge on any atom is 0.491 e. The molecular formula is C20H13F3N6O5. The summed E-state index contributed by atoms with van der Waals surface area (Å²) in [4.78, 5) is 44.7. The van der Waals surface area contributed by atoms with Crippen LogP contribution in [0.2, 0.25) is 0 Å². The van der Waals surface area contributed by atoms with Gasteiger partial charge >= 0.3 is 17.9 Å². The lowest BCUT2D eigenvalue weighted by atomic mass is 10.1. The maximum atomic E-state index is 12.6. The lowest BCUT2D eigenvalue weighted by molar-refractivity contribution is -0.189. The molecular weight excluding hydrogens is 461 g/mol. The Morgan fingerprint density at radius 1 is 1.06 bits per heavy atom. The Hall–Kier alpha value is -4.88. The number of alkyl halides is 3. The lowest BCUT2D eigenvalue weighted by Gasteiger charge is -2.12. The van der Waals surface area contributed by atoms with Crippen LogP contribution >= 0.6 is 0 Å². The standard InChI is InChI=1S/C20H13F3N6O5/c21-20(22,23)17(31)33-14-8-10(1-3-11(14)16(24)30)27-18-25-6-5-15(29-18)26-9-2-4-13-12(7-9)28-19(32)34-13/h1-8H,(H2,24,30)(H,28,32)(H2,25,26,27,29). The van der Waals surface area contributed by atoms with Gasteiger partial charge in [-0.15, -0.1) is 0 Å². The van der Waals surface area contributed by atoms with Crippen molar-refractivity contribution in [1.82, 2.24) is 15.0 Å². The second-order valence-corrected chi connectivity index (χ2v) is 6.70. The van der Waals surface area contributed by atoms with Crippen LogP contribution in [0.4, 0.5) is 36.3 Å². The molecule has 0 saturated heterocycles. The van der Waals surface area contributed by atoms with Crippen LogP contribution in [0.3, 0.4) is 0 Å². The van der Waals surface area contributed by atoms with Gasteiger partial charge in [0.15, 0.2) is 5.58 Å². The number of aromatic nitrogens is 3. The summed E-state index contributed by atoms with van der Waals surface area (Å²) >= 11 is 0. The molecule has 5 N–H and O–H groups in total. The van der Waals surface area contributed by atoms with E-state index in [0.717, 1.165) is 12.1 Å². The molecule has 0 radical (unpaired) electrons. The van der Waals surface area contributed by atoms with Crippen molar-refractivity contribution in [2.24, 2.45) is 5.73 Å². The fourth-order valence-corrected chi connectivity index (χ4v) is 2.84. The number of fused-ring (bicyclic) bond motifs is 1. The van der Waals surface area contributed by atoms with Gasteiger partial charge in [0, 0.05) is 23.6 Å². The van der Waals surface area contributed by atoms with E-state index in [2.05, 4.69) is 30.3 Å². The number of aromatic amines is 1. The van der Waals surface area contributed by atoms with Gasteiger partial charge in [-0.05, 0) is 36.4 Å². The van der Waals surface area contributed by atoms with E-state index in [4.69, 9.17) is 10.2 Å². The molecule has 0 fully saturated rings. The van der Waals surface area contributed by atoms with Crippen molar-refractivity contribution in [2.45, 2.75) is 6.18 Å². The van der Waals surface area contributed by atoms with E-state index in [9.17, 15) is 27.6 Å². The van der Waals surface area contributed by atoms with Gasteiger partial charge in [-0.3, -0.25) is 9.78 Å². The van der Waals surface area contributed by atoms with Crippen LogP contribution < -0.4 is 26.9 Å². The minimum atomic E-state index is -5.27. The number of anilines is 4. The number of amides is 1. The van der Waals surface area contributed by atoms with Crippen LogP contribution in [0.25, 0.3) is 11.1 Å². The molecule has 0 bridgehead atoms. The van der Waals surface area contributed by atoms with Crippen LogP contribution in [0, 0.1) is 0 Å². The zero-order valence-corrected chi connectivity index (χ0v) is 16.8. The Morgan fingerprint density at radius 3 is 2.53 bits per heavy atom. The van der Waals surface area contributed by atoms with Crippen LogP contribution in [-0.2, 0) is 4.79 Å². The Balaban J connectivity index is 1.55. The smallest absolute Gasteiger partial charge is 0.419 e. The molecule has 174 valence electrons. The first-order valence-corrected chi connectivity index (χ1v) is 9.31. The molecule has 1 amide bonds. The number of H-pyrrole nitrogens is 1. The van der Waals surface area contributed by atoms with Crippen molar-refractivity contribution in [3.05, 3.63) is 64.8 Å². The number of hydrogen-bond acceptors (Lipinski definition) is 9.